The number of aryl methyl sites for hydroxylation is 1. The predicted octanol–water partition coefficient (Wildman–Crippen LogP) is 4.16. The van der Waals surface area contributed by atoms with E-state index < -0.39 is 0 Å². The Bertz CT molecular complexity index is 551. The molecule has 1 unspecified atom stereocenters. The number of hydrogen-bond donors (Lipinski definition) is 1. The first-order chi connectivity index (χ1) is 9.15. The molecular formula is C16H18FNS. The van der Waals surface area contributed by atoms with Crippen molar-refractivity contribution in [1.82, 2.24) is 5.32 Å². The Balaban J connectivity index is 2.34. The van der Waals surface area contributed by atoms with Gasteiger partial charge in [0.2, 0.25) is 0 Å². The van der Waals surface area contributed by atoms with Crippen molar-refractivity contribution >= 4 is 11.8 Å². The number of nitrogens with one attached hydrogen (secondary N) is 1. The SMILES string of the molecule is CNC(c1ccc(SC)cc1)c1ccc(F)c(C)c1. The van der Waals surface area contributed by atoms with Gasteiger partial charge in [-0.25, -0.2) is 4.39 Å². The minimum absolute atomic E-state index is 0.0928. The smallest absolute Gasteiger partial charge is 0.126 e. The van der Waals surface area contributed by atoms with Gasteiger partial charge in [0, 0.05) is 4.90 Å². The third kappa shape index (κ3) is 3.17. The van der Waals surface area contributed by atoms with Crippen molar-refractivity contribution in [3.8, 4) is 0 Å². The van der Waals surface area contributed by atoms with Crippen LogP contribution in [-0.2, 0) is 0 Å². The molecule has 1 atom stereocenters. The van der Waals surface area contributed by atoms with Gasteiger partial charge in [0.15, 0.2) is 0 Å². The van der Waals surface area contributed by atoms with E-state index in [1.54, 1.807) is 18.7 Å². The van der Waals surface area contributed by atoms with E-state index in [-0.39, 0.29) is 11.9 Å². The molecule has 0 heterocycles. The molecule has 0 saturated heterocycles. The Morgan fingerprint density at radius 3 is 2.21 bits per heavy atom. The van der Waals surface area contributed by atoms with Crippen molar-refractivity contribution in [2.75, 3.05) is 13.3 Å². The molecular weight excluding hydrogens is 257 g/mol. The Hall–Kier alpha value is -1.32. The molecule has 0 fully saturated rings. The van der Waals surface area contributed by atoms with Gasteiger partial charge in [0.1, 0.15) is 5.82 Å². The van der Waals surface area contributed by atoms with Crippen molar-refractivity contribution in [3.63, 3.8) is 0 Å². The van der Waals surface area contributed by atoms with Gasteiger partial charge in [-0.15, -0.1) is 11.8 Å². The van der Waals surface area contributed by atoms with Gasteiger partial charge in [0.25, 0.3) is 0 Å². The summed E-state index contributed by atoms with van der Waals surface area (Å²) in [6.07, 6.45) is 2.06. The van der Waals surface area contributed by atoms with Gasteiger partial charge >= 0.3 is 0 Å². The van der Waals surface area contributed by atoms with Gasteiger partial charge in [-0.05, 0) is 55.1 Å². The Labute approximate surface area is 118 Å². The first kappa shape index (κ1) is 14.1. The van der Waals surface area contributed by atoms with Gasteiger partial charge in [0.05, 0.1) is 6.04 Å². The minimum atomic E-state index is -0.156. The van der Waals surface area contributed by atoms with Crippen molar-refractivity contribution in [1.29, 1.82) is 0 Å². The standard InChI is InChI=1S/C16H18FNS/c1-11-10-13(6-9-15(11)17)16(18-2)12-4-7-14(19-3)8-5-12/h4-10,16,18H,1-3H3. The molecule has 0 aliphatic heterocycles. The third-order valence-corrected chi connectivity index (χ3v) is 4.00. The zero-order chi connectivity index (χ0) is 13.8. The van der Waals surface area contributed by atoms with Crippen LogP contribution in [0.1, 0.15) is 22.7 Å². The van der Waals surface area contributed by atoms with Gasteiger partial charge in [-0.3, -0.25) is 0 Å². The summed E-state index contributed by atoms with van der Waals surface area (Å²) in [5.41, 5.74) is 2.95. The summed E-state index contributed by atoms with van der Waals surface area (Å²) in [7, 11) is 1.92. The van der Waals surface area contributed by atoms with Crippen LogP contribution in [0.5, 0.6) is 0 Å². The van der Waals surface area contributed by atoms with Crippen LogP contribution in [0.15, 0.2) is 47.4 Å². The highest BCUT2D eigenvalue weighted by molar-refractivity contribution is 7.98. The summed E-state index contributed by atoms with van der Waals surface area (Å²) in [6, 6.07) is 13.8. The molecule has 100 valence electrons. The van der Waals surface area contributed by atoms with Crippen LogP contribution in [0.2, 0.25) is 0 Å². The minimum Gasteiger partial charge on any atom is -0.309 e. The topological polar surface area (TPSA) is 12.0 Å². The van der Waals surface area contributed by atoms with E-state index in [4.69, 9.17) is 0 Å². The summed E-state index contributed by atoms with van der Waals surface area (Å²) in [6.45, 7) is 1.79. The van der Waals surface area contributed by atoms with Gasteiger partial charge in [-0.1, -0.05) is 24.3 Å². The molecule has 0 amide bonds. The first-order valence-corrected chi connectivity index (χ1v) is 7.45. The lowest BCUT2D eigenvalue weighted by atomic mass is 9.97. The first-order valence-electron chi connectivity index (χ1n) is 6.23. The molecule has 0 aromatic heterocycles. The second-order valence-electron chi connectivity index (χ2n) is 4.50. The Kier molecular flexibility index (Phi) is 4.61. The van der Waals surface area contributed by atoms with E-state index >= 15 is 0 Å². The highest BCUT2D eigenvalue weighted by Crippen LogP contribution is 2.25. The fraction of sp³-hybridized carbons (Fsp3) is 0.250. The summed E-state index contributed by atoms with van der Waals surface area (Å²) in [4.78, 5) is 1.24. The van der Waals surface area contributed by atoms with Gasteiger partial charge in [-0.2, -0.15) is 0 Å². The Morgan fingerprint density at radius 2 is 1.68 bits per heavy atom. The van der Waals surface area contributed by atoms with Crippen molar-refractivity contribution < 1.29 is 4.39 Å². The fourth-order valence-corrected chi connectivity index (χ4v) is 2.58. The van der Waals surface area contributed by atoms with E-state index in [2.05, 4.69) is 35.8 Å². The molecule has 0 saturated carbocycles. The molecule has 3 heteroatoms. The lowest BCUT2D eigenvalue weighted by Gasteiger charge is -2.18. The largest absolute Gasteiger partial charge is 0.309 e. The van der Waals surface area contributed by atoms with E-state index in [1.165, 1.54) is 16.5 Å². The van der Waals surface area contributed by atoms with E-state index in [0.29, 0.717) is 5.56 Å². The van der Waals surface area contributed by atoms with Crippen LogP contribution in [0.3, 0.4) is 0 Å². The molecule has 0 aliphatic rings. The number of thioether (sulfide) groups is 1. The maximum Gasteiger partial charge on any atom is 0.126 e. The average molecular weight is 275 g/mol. The number of rotatable bonds is 4. The maximum atomic E-state index is 13.3. The van der Waals surface area contributed by atoms with Crippen molar-refractivity contribution in [3.05, 3.63) is 65.0 Å². The highest BCUT2D eigenvalue weighted by atomic mass is 32.2. The average Bonchev–Trinajstić information content (AvgIpc) is 2.44. The zero-order valence-corrected chi connectivity index (χ0v) is 12.2. The molecule has 0 radical (unpaired) electrons. The van der Waals surface area contributed by atoms with Crippen LogP contribution in [0, 0.1) is 12.7 Å². The molecule has 0 bridgehead atoms. The number of hydrogen-bond acceptors (Lipinski definition) is 2. The molecule has 2 rings (SSSR count). The van der Waals surface area contributed by atoms with E-state index in [1.807, 2.05) is 19.2 Å². The summed E-state index contributed by atoms with van der Waals surface area (Å²) >= 11 is 1.73. The quantitative estimate of drug-likeness (QED) is 0.841. The molecule has 0 aliphatic carbocycles. The second-order valence-corrected chi connectivity index (χ2v) is 5.38. The van der Waals surface area contributed by atoms with Crippen molar-refractivity contribution in [2.24, 2.45) is 0 Å². The zero-order valence-electron chi connectivity index (χ0n) is 11.4. The van der Waals surface area contributed by atoms with Crippen LogP contribution in [0.25, 0.3) is 0 Å². The van der Waals surface area contributed by atoms with Crippen LogP contribution in [-0.4, -0.2) is 13.3 Å². The maximum absolute atomic E-state index is 13.3. The lowest BCUT2D eigenvalue weighted by Crippen LogP contribution is -2.17. The monoisotopic (exact) mass is 275 g/mol. The molecule has 1 nitrogen and oxygen atoms in total. The number of benzene rings is 2. The summed E-state index contributed by atoms with van der Waals surface area (Å²) in [5.74, 6) is -0.156. The molecule has 2 aromatic carbocycles. The van der Waals surface area contributed by atoms with E-state index in [0.717, 1.165) is 5.56 Å². The summed E-state index contributed by atoms with van der Waals surface area (Å²) in [5, 5.41) is 3.29. The van der Waals surface area contributed by atoms with Crippen molar-refractivity contribution in [2.45, 2.75) is 17.9 Å². The third-order valence-electron chi connectivity index (χ3n) is 3.25. The summed E-state index contributed by atoms with van der Waals surface area (Å²) < 4.78 is 13.3. The Morgan fingerprint density at radius 1 is 1.05 bits per heavy atom. The lowest BCUT2D eigenvalue weighted by molar-refractivity contribution is 0.614. The normalized spacial score (nSPS) is 12.4. The van der Waals surface area contributed by atoms with Gasteiger partial charge < -0.3 is 5.32 Å². The molecule has 1 N–H and O–H groups in total. The second kappa shape index (κ2) is 6.22. The van der Waals surface area contributed by atoms with E-state index in [9.17, 15) is 4.39 Å². The van der Waals surface area contributed by atoms with Crippen LogP contribution in [0.4, 0.5) is 4.39 Å². The number of halogens is 1. The highest BCUT2D eigenvalue weighted by Gasteiger charge is 2.12. The fourth-order valence-electron chi connectivity index (χ4n) is 2.17. The van der Waals surface area contributed by atoms with Crippen LogP contribution >= 0.6 is 11.8 Å². The molecule has 0 spiro atoms. The molecule has 2 aromatic rings. The predicted molar refractivity (Wildman–Crippen MR) is 80.3 cm³/mol. The van der Waals surface area contributed by atoms with Crippen LogP contribution < -0.4 is 5.32 Å². The molecule has 19 heavy (non-hydrogen) atoms.